The number of nitrogens with one attached hydrogen (secondary N) is 2. The lowest BCUT2D eigenvalue weighted by Gasteiger charge is -2.26. The van der Waals surface area contributed by atoms with Crippen molar-refractivity contribution in [1.29, 1.82) is 0 Å². The van der Waals surface area contributed by atoms with Crippen molar-refractivity contribution in [2.24, 2.45) is 10.2 Å². The molecule has 11 nitrogen and oxygen atoms in total. The highest BCUT2D eigenvalue weighted by Crippen LogP contribution is 2.28. The molecule has 1 aliphatic heterocycles. The molecule has 2 aromatic carbocycles. The number of furan rings is 1. The minimum Gasteiger partial charge on any atom is -0.453 e. The second-order valence-electron chi connectivity index (χ2n) is 7.65. The molecule has 3 aromatic rings. The van der Waals surface area contributed by atoms with E-state index in [1.165, 1.54) is 24.0 Å². The number of ether oxygens (including phenoxy) is 1. The molecule has 12 heteroatoms. The predicted molar refractivity (Wildman–Crippen MR) is 137 cm³/mol. The van der Waals surface area contributed by atoms with Gasteiger partial charge in [-0.25, -0.2) is 5.43 Å². The lowest BCUT2D eigenvalue weighted by Crippen LogP contribution is -2.39. The largest absolute Gasteiger partial charge is 0.453 e. The Kier molecular flexibility index (Phi) is 8.32. The number of hydrogen-bond donors (Lipinski definition) is 2. The number of methoxy groups -OCH3 is 1. The third kappa shape index (κ3) is 6.49. The fourth-order valence-electron chi connectivity index (χ4n) is 3.45. The van der Waals surface area contributed by atoms with Gasteiger partial charge in [-0.3, -0.25) is 25.2 Å². The fourth-order valence-corrected chi connectivity index (χ4v) is 4.32. The first-order valence-corrected chi connectivity index (χ1v) is 12.0. The van der Waals surface area contributed by atoms with Gasteiger partial charge < -0.3 is 9.15 Å². The fraction of sp³-hybridized carbons (Fsp3) is 0.208. The van der Waals surface area contributed by atoms with Crippen molar-refractivity contribution in [3.05, 3.63) is 99.5 Å². The Bertz CT molecular complexity index is 1250. The van der Waals surface area contributed by atoms with Gasteiger partial charge in [-0.2, -0.15) is 10.2 Å². The number of thioether (sulfide) groups is 1. The molecule has 2 heterocycles. The lowest BCUT2D eigenvalue weighted by molar-refractivity contribution is -0.499. The van der Waals surface area contributed by atoms with Crippen molar-refractivity contribution in [3.8, 4) is 0 Å². The average molecular weight is 509 g/mol. The highest BCUT2D eigenvalue weighted by Gasteiger charge is 2.30. The summed E-state index contributed by atoms with van der Waals surface area (Å²) in [5.74, 6) is 1.05. The quantitative estimate of drug-likeness (QED) is 0.229. The van der Waals surface area contributed by atoms with E-state index in [0.29, 0.717) is 12.4 Å². The number of amides is 1. The molecule has 0 saturated heterocycles. The number of carbonyl (C=O) groups excluding carboxylic acids is 1. The van der Waals surface area contributed by atoms with E-state index in [-0.39, 0.29) is 22.9 Å². The molecule has 186 valence electrons. The maximum atomic E-state index is 12.4. The first-order valence-electron chi connectivity index (χ1n) is 10.9. The van der Waals surface area contributed by atoms with Crippen LogP contribution in [0.4, 0.5) is 5.69 Å². The monoisotopic (exact) mass is 508 g/mol. The first-order chi connectivity index (χ1) is 17.5. The third-order valence-corrected chi connectivity index (χ3v) is 6.08. The molecular formula is C24H24N6O5S. The minimum absolute atomic E-state index is 0.110. The summed E-state index contributed by atoms with van der Waals surface area (Å²) in [5, 5.41) is 19.0. The van der Waals surface area contributed by atoms with E-state index in [9.17, 15) is 14.9 Å². The Morgan fingerprint density at radius 1 is 1.25 bits per heavy atom. The summed E-state index contributed by atoms with van der Waals surface area (Å²) in [7, 11) is 1.66. The molecule has 1 aromatic heterocycles. The maximum Gasteiger partial charge on any atom is 0.260 e. The van der Waals surface area contributed by atoms with E-state index < -0.39 is 11.5 Å². The molecule has 1 amide bonds. The SMILES string of the molecule is COCc1ccc(C2=NNC(SCC(=O)N/N=C/c3ccc(C[N+](=O)[O-])o3)N2c2ccccc2)cc1. The van der Waals surface area contributed by atoms with E-state index in [1.807, 2.05) is 59.5 Å². The number of carbonyl (C=O) groups is 1. The van der Waals surface area contributed by atoms with Gasteiger partial charge in [-0.1, -0.05) is 42.5 Å². The van der Waals surface area contributed by atoms with Gasteiger partial charge in [-0.15, -0.1) is 11.8 Å². The second-order valence-corrected chi connectivity index (χ2v) is 8.72. The smallest absolute Gasteiger partial charge is 0.260 e. The molecule has 0 saturated carbocycles. The summed E-state index contributed by atoms with van der Waals surface area (Å²) in [6.07, 6.45) is 1.30. The van der Waals surface area contributed by atoms with Crippen LogP contribution in [-0.2, 0) is 22.7 Å². The molecule has 1 unspecified atom stereocenters. The van der Waals surface area contributed by atoms with Gasteiger partial charge in [0.1, 0.15) is 5.76 Å². The van der Waals surface area contributed by atoms with Crippen LogP contribution in [0.5, 0.6) is 0 Å². The number of para-hydroxylation sites is 1. The third-order valence-electron chi connectivity index (χ3n) is 5.02. The van der Waals surface area contributed by atoms with Crippen LogP contribution in [0, 0.1) is 10.1 Å². The predicted octanol–water partition coefficient (Wildman–Crippen LogP) is 3.14. The number of rotatable bonds is 11. The van der Waals surface area contributed by atoms with E-state index in [1.54, 1.807) is 13.2 Å². The van der Waals surface area contributed by atoms with Crippen molar-refractivity contribution in [2.45, 2.75) is 18.6 Å². The summed E-state index contributed by atoms with van der Waals surface area (Å²) in [5.41, 5.74) is 8.16. The van der Waals surface area contributed by atoms with Crippen LogP contribution in [0.2, 0.25) is 0 Å². The molecule has 0 spiro atoms. The van der Waals surface area contributed by atoms with Crippen LogP contribution in [0.25, 0.3) is 0 Å². The molecule has 0 aliphatic carbocycles. The van der Waals surface area contributed by atoms with E-state index in [0.717, 1.165) is 22.6 Å². The van der Waals surface area contributed by atoms with Gasteiger partial charge in [-0.05, 0) is 29.8 Å². The molecule has 0 radical (unpaired) electrons. The van der Waals surface area contributed by atoms with Gasteiger partial charge in [0.05, 0.1) is 18.6 Å². The highest BCUT2D eigenvalue weighted by atomic mass is 32.2. The standard InChI is InChI=1S/C24H24N6O5S/c1-34-15-17-7-9-18(10-8-17)23-27-28-24(30(23)19-5-3-2-4-6-19)36-16-22(31)26-25-13-20-11-12-21(35-20)14-29(32)33/h2-13,24,28H,14-16H2,1H3,(H,26,31)/b25-13+. The maximum absolute atomic E-state index is 12.4. The molecule has 4 rings (SSSR count). The Balaban J connectivity index is 1.37. The van der Waals surface area contributed by atoms with Crippen LogP contribution in [0.15, 0.2) is 81.4 Å². The van der Waals surface area contributed by atoms with E-state index >= 15 is 0 Å². The second kappa shape index (κ2) is 12.0. The normalized spacial score (nSPS) is 15.1. The van der Waals surface area contributed by atoms with Gasteiger partial charge in [0, 0.05) is 23.3 Å². The summed E-state index contributed by atoms with van der Waals surface area (Å²) in [6.45, 7) is 0.119. The minimum atomic E-state index is -0.486. The van der Waals surface area contributed by atoms with Gasteiger partial charge in [0.25, 0.3) is 6.54 Å². The Labute approximate surface area is 211 Å². The van der Waals surface area contributed by atoms with Gasteiger partial charge >= 0.3 is 0 Å². The summed E-state index contributed by atoms with van der Waals surface area (Å²) >= 11 is 1.36. The zero-order valence-corrected chi connectivity index (χ0v) is 20.2. The number of nitrogens with zero attached hydrogens (tertiary/aromatic N) is 4. The van der Waals surface area contributed by atoms with E-state index in [4.69, 9.17) is 9.15 Å². The van der Waals surface area contributed by atoms with Crippen LogP contribution in [-0.4, -0.2) is 41.2 Å². The topological polar surface area (TPSA) is 135 Å². The average Bonchev–Trinajstić information content (AvgIpc) is 3.50. The molecule has 0 fully saturated rings. The van der Waals surface area contributed by atoms with Crippen LogP contribution in [0.1, 0.15) is 22.6 Å². The Hall–Kier alpha value is -4.16. The van der Waals surface area contributed by atoms with Crippen molar-refractivity contribution >= 4 is 35.4 Å². The summed E-state index contributed by atoms with van der Waals surface area (Å²) < 4.78 is 10.5. The van der Waals surface area contributed by atoms with Crippen LogP contribution < -0.4 is 15.8 Å². The van der Waals surface area contributed by atoms with Crippen molar-refractivity contribution < 1.29 is 18.9 Å². The van der Waals surface area contributed by atoms with Crippen molar-refractivity contribution in [1.82, 2.24) is 10.9 Å². The van der Waals surface area contributed by atoms with Crippen LogP contribution in [0.3, 0.4) is 0 Å². The summed E-state index contributed by atoms with van der Waals surface area (Å²) in [6, 6.07) is 20.8. The first kappa shape index (κ1) is 24.9. The zero-order chi connectivity index (χ0) is 25.3. The molecule has 0 bridgehead atoms. The van der Waals surface area contributed by atoms with Gasteiger partial charge in [0.15, 0.2) is 17.1 Å². The van der Waals surface area contributed by atoms with Crippen LogP contribution >= 0.6 is 11.8 Å². The highest BCUT2D eigenvalue weighted by molar-refractivity contribution is 8.00. The number of anilines is 1. The Morgan fingerprint density at radius 3 is 2.75 bits per heavy atom. The number of amidine groups is 1. The molecule has 36 heavy (non-hydrogen) atoms. The molecule has 2 N–H and O–H groups in total. The van der Waals surface area contributed by atoms with E-state index in [2.05, 4.69) is 21.1 Å². The molecule has 1 aliphatic rings. The number of hydrazone groups is 2. The molecule has 1 atom stereocenters. The van der Waals surface area contributed by atoms with Crippen molar-refractivity contribution in [3.63, 3.8) is 0 Å². The molecular weight excluding hydrogens is 484 g/mol. The number of hydrogen-bond acceptors (Lipinski definition) is 10. The van der Waals surface area contributed by atoms with Crippen molar-refractivity contribution in [2.75, 3.05) is 17.8 Å². The lowest BCUT2D eigenvalue weighted by atomic mass is 10.1. The van der Waals surface area contributed by atoms with Gasteiger partial charge in [0.2, 0.25) is 5.91 Å². The number of nitro groups is 1. The summed E-state index contributed by atoms with van der Waals surface area (Å²) in [4.78, 5) is 24.5. The zero-order valence-electron chi connectivity index (χ0n) is 19.4. The number of benzene rings is 2. The Morgan fingerprint density at radius 2 is 2.03 bits per heavy atom.